The van der Waals surface area contributed by atoms with Crippen molar-refractivity contribution >= 4 is 23.5 Å². The van der Waals surface area contributed by atoms with Crippen LogP contribution >= 0.6 is 23.5 Å². The third-order valence-electron chi connectivity index (χ3n) is 4.77. The van der Waals surface area contributed by atoms with Crippen molar-refractivity contribution in [1.82, 2.24) is 0 Å². The van der Waals surface area contributed by atoms with Gasteiger partial charge in [-0.1, -0.05) is 30.3 Å². The highest BCUT2D eigenvalue weighted by Gasteiger charge is 2.56. The van der Waals surface area contributed by atoms with Gasteiger partial charge in [-0.05, 0) is 38.0 Å². The van der Waals surface area contributed by atoms with E-state index in [-0.39, 0.29) is 5.57 Å². The predicted molar refractivity (Wildman–Crippen MR) is 117 cm³/mol. The normalized spacial score (nSPS) is 26.3. The fraction of sp³-hybridized carbons (Fsp3) is 0.455. The number of hydrogen-bond donors (Lipinski definition) is 0. The van der Waals surface area contributed by atoms with Gasteiger partial charge in [0.1, 0.15) is 36.0 Å². The zero-order valence-corrected chi connectivity index (χ0v) is 19.0. The van der Waals surface area contributed by atoms with Crippen molar-refractivity contribution in [3.63, 3.8) is 0 Å². The standard InChI is InChI=1S/C22H24N2O4S2/c1-22(2)27-20-19(25-13-14-8-6-5-7-9-14)18(26-21(20)28-22)16(15(11-23)12-24)10-17(29-3)30-4/h5-10,18-21H,13H2,1-4H3/t18-,19+,20-,21-/m1/s1. The maximum atomic E-state index is 9.56. The molecule has 2 saturated heterocycles. The lowest BCUT2D eigenvalue weighted by Crippen LogP contribution is -2.37. The van der Waals surface area contributed by atoms with Crippen LogP contribution in [0.1, 0.15) is 19.4 Å². The molecule has 2 fully saturated rings. The number of benzene rings is 1. The molecule has 0 radical (unpaired) electrons. The van der Waals surface area contributed by atoms with Crippen LogP contribution in [0.5, 0.6) is 0 Å². The molecule has 1 aromatic carbocycles. The molecule has 0 aliphatic carbocycles. The Morgan fingerprint density at radius 3 is 2.40 bits per heavy atom. The minimum atomic E-state index is -0.800. The van der Waals surface area contributed by atoms with Crippen molar-refractivity contribution in [2.75, 3.05) is 12.5 Å². The summed E-state index contributed by atoms with van der Waals surface area (Å²) in [5.41, 5.74) is 1.48. The van der Waals surface area contributed by atoms with Crippen LogP contribution in [0.25, 0.3) is 0 Å². The SMILES string of the molecule is CSC(=CC(=C(C#N)C#N)[C@H]1O[C@@H]2OC(C)(C)O[C@@H]2[C@H]1OCc1ccccc1)SC. The summed E-state index contributed by atoms with van der Waals surface area (Å²) >= 11 is 3.08. The summed E-state index contributed by atoms with van der Waals surface area (Å²) in [4.78, 5) is 0. The van der Waals surface area contributed by atoms with Crippen molar-refractivity contribution in [3.05, 3.63) is 57.4 Å². The highest BCUT2D eigenvalue weighted by atomic mass is 32.2. The van der Waals surface area contributed by atoms with Crippen molar-refractivity contribution in [1.29, 1.82) is 10.5 Å². The highest BCUT2D eigenvalue weighted by Crippen LogP contribution is 2.42. The van der Waals surface area contributed by atoms with Gasteiger partial charge in [0.05, 0.1) is 6.61 Å². The highest BCUT2D eigenvalue weighted by molar-refractivity contribution is 8.21. The monoisotopic (exact) mass is 444 g/mol. The summed E-state index contributed by atoms with van der Waals surface area (Å²) in [7, 11) is 0. The van der Waals surface area contributed by atoms with Gasteiger partial charge in [-0.25, -0.2) is 0 Å². The van der Waals surface area contributed by atoms with Gasteiger partial charge in [-0.2, -0.15) is 10.5 Å². The minimum Gasteiger partial charge on any atom is -0.368 e. The van der Waals surface area contributed by atoms with Gasteiger partial charge in [-0.15, -0.1) is 23.5 Å². The van der Waals surface area contributed by atoms with Gasteiger partial charge in [0.2, 0.25) is 0 Å². The Morgan fingerprint density at radius 2 is 1.80 bits per heavy atom. The summed E-state index contributed by atoms with van der Waals surface area (Å²) in [5.74, 6) is -0.800. The molecule has 2 heterocycles. The maximum Gasteiger partial charge on any atom is 0.190 e. The lowest BCUT2D eigenvalue weighted by molar-refractivity contribution is -0.214. The summed E-state index contributed by atoms with van der Waals surface area (Å²) < 4.78 is 25.3. The number of thioether (sulfide) groups is 2. The molecule has 0 aromatic heterocycles. The Morgan fingerprint density at radius 1 is 1.13 bits per heavy atom. The smallest absolute Gasteiger partial charge is 0.190 e. The molecule has 6 nitrogen and oxygen atoms in total. The number of rotatable bonds is 7. The molecule has 3 rings (SSSR count). The molecule has 30 heavy (non-hydrogen) atoms. The Labute approximate surface area is 185 Å². The molecule has 0 spiro atoms. The van der Waals surface area contributed by atoms with E-state index in [1.165, 1.54) is 0 Å². The fourth-order valence-corrected chi connectivity index (χ4v) is 4.61. The van der Waals surface area contributed by atoms with E-state index in [2.05, 4.69) is 0 Å². The maximum absolute atomic E-state index is 9.56. The van der Waals surface area contributed by atoms with E-state index in [9.17, 15) is 10.5 Å². The summed E-state index contributed by atoms with van der Waals surface area (Å²) in [5, 5.41) is 19.1. The first-order valence-corrected chi connectivity index (χ1v) is 11.9. The van der Waals surface area contributed by atoms with E-state index in [0.29, 0.717) is 12.2 Å². The number of nitrogens with zero attached hydrogens (tertiary/aromatic N) is 2. The van der Waals surface area contributed by atoms with Crippen molar-refractivity contribution < 1.29 is 18.9 Å². The lowest BCUT2D eigenvalue weighted by atomic mass is 9.98. The molecular formula is C22H24N2O4S2. The van der Waals surface area contributed by atoms with Gasteiger partial charge < -0.3 is 18.9 Å². The quantitative estimate of drug-likeness (QED) is 0.453. The number of ether oxygens (including phenoxy) is 4. The molecule has 0 unspecified atom stereocenters. The zero-order valence-electron chi connectivity index (χ0n) is 17.3. The Bertz CT molecular complexity index is 880. The van der Waals surface area contributed by atoms with Crippen molar-refractivity contribution in [3.8, 4) is 12.1 Å². The molecule has 0 saturated carbocycles. The molecule has 158 valence electrons. The second-order valence-electron chi connectivity index (χ2n) is 7.21. The van der Waals surface area contributed by atoms with Crippen LogP contribution in [0, 0.1) is 22.7 Å². The third-order valence-corrected chi connectivity index (χ3v) is 6.81. The first-order chi connectivity index (χ1) is 14.4. The van der Waals surface area contributed by atoms with Crippen molar-refractivity contribution in [2.24, 2.45) is 0 Å². The number of allylic oxidation sites excluding steroid dienone is 1. The summed E-state index contributed by atoms with van der Waals surface area (Å²) in [6.45, 7) is 4.00. The average molecular weight is 445 g/mol. The van der Waals surface area contributed by atoms with Crippen LogP contribution in [0.4, 0.5) is 0 Å². The molecule has 1 aromatic rings. The largest absolute Gasteiger partial charge is 0.368 e. The van der Waals surface area contributed by atoms with E-state index in [4.69, 9.17) is 18.9 Å². The Balaban J connectivity index is 1.97. The zero-order chi connectivity index (χ0) is 21.7. The van der Waals surface area contributed by atoms with Crippen LogP contribution in [0.15, 0.2) is 51.8 Å². The average Bonchev–Trinajstić information content (AvgIpc) is 3.22. The first kappa shape index (κ1) is 22.9. The van der Waals surface area contributed by atoms with Gasteiger partial charge in [0.25, 0.3) is 0 Å². The van der Waals surface area contributed by atoms with Crippen LogP contribution in [0.2, 0.25) is 0 Å². The summed E-state index contributed by atoms with van der Waals surface area (Å²) in [6, 6.07) is 13.8. The van der Waals surface area contributed by atoms with Gasteiger partial charge >= 0.3 is 0 Å². The molecular weight excluding hydrogens is 420 g/mol. The molecule has 2 aliphatic rings. The second kappa shape index (κ2) is 10.0. The second-order valence-corrected chi connectivity index (χ2v) is 9.17. The molecule has 0 amide bonds. The molecule has 2 aliphatic heterocycles. The Kier molecular flexibility index (Phi) is 7.65. The number of nitriles is 2. The fourth-order valence-electron chi connectivity index (χ4n) is 3.46. The molecule has 0 N–H and O–H groups in total. The number of fused-ring (bicyclic) bond motifs is 1. The van der Waals surface area contributed by atoms with E-state index >= 15 is 0 Å². The van der Waals surface area contributed by atoms with Crippen LogP contribution < -0.4 is 0 Å². The van der Waals surface area contributed by atoms with E-state index in [1.807, 2.05) is 74.9 Å². The van der Waals surface area contributed by atoms with E-state index in [1.54, 1.807) is 23.5 Å². The summed E-state index contributed by atoms with van der Waals surface area (Å²) in [6.07, 6.45) is 3.41. The van der Waals surface area contributed by atoms with Gasteiger partial charge in [-0.3, -0.25) is 0 Å². The molecule has 0 bridgehead atoms. The van der Waals surface area contributed by atoms with Gasteiger partial charge in [0, 0.05) is 9.81 Å². The predicted octanol–water partition coefficient (Wildman–Crippen LogP) is 4.36. The first-order valence-electron chi connectivity index (χ1n) is 9.43. The van der Waals surface area contributed by atoms with Crippen LogP contribution in [0.3, 0.4) is 0 Å². The van der Waals surface area contributed by atoms with E-state index < -0.39 is 30.4 Å². The lowest BCUT2D eigenvalue weighted by Gasteiger charge is -2.27. The molecule has 8 heteroatoms. The minimum absolute atomic E-state index is 0.00635. The van der Waals surface area contributed by atoms with Crippen molar-refractivity contribution in [2.45, 2.75) is 50.8 Å². The Hall–Kier alpha value is -1.78. The number of hydrogen-bond acceptors (Lipinski definition) is 8. The van der Waals surface area contributed by atoms with Crippen LogP contribution in [-0.4, -0.2) is 42.9 Å². The van der Waals surface area contributed by atoms with Gasteiger partial charge in [0.15, 0.2) is 12.1 Å². The topological polar surface area (TPSA) is 84.5 Å². The third kappa shape index (κ3) is 5.09. The van der Waals surface area contributed by atoms with Crippen LogP contribution in [-0.2, 0) is 25.6 Å². The van der Waals surface area contributed by atoms with E-state index in [0.717, 1.165) is 9.80 Å². The molecule has 4 atom stereocenters.